The highest BCUT2D eigenvalue weighted by molar-refractivity contribution is 5.87. The van der Waals surface area contributed by atoms with Gasteiger partial charge in [-0.3, -0.25) is 4.79 Å². The van der Waals surface area contributed by atoms with Crippen LogP contribution in [-0.4, -0.2) is 41.6 Å². The number of rotatable bonds is 1. The van der Waals surface area contributed by atoms with Crippen LogP contribution in [0.3, 0.4) is 0 Å². The maximum atomic E-state index is 12.7. The molecule has 1 fully saturated rings. The van der Waals surface area contributed by atoms with Gasteiger partial charge in [-0.25, -0.2) is 0 Å². The third-order valence-corrected chi connectivity index (χ3v) is 3.95. The Labute approximate surface area is 120 Å². The summed E-state index contributed by atoms with van der Waals surface area (Å²) in [5.74, 6) is 0.185. The summed E-state index contributed by atoms with van der Waals surface area (Å²) < 4.78 is 5.86. The number of nitrogens with zero attached hydrogens (tertiary/aromatic N) is 1. The standard InChI is InChI=1S/C16H22N2O2/c1-11-9-18(10-16(2,3)20-11)15(19)14-8-12-6-4-5-7-13(12)17-14/h4-7,11,14,17H,8-10H2,1-3H3/t11-,14+/m0/s1. The van der Waals surface area contributed by atoms with E-state index in [2.05, 4.69) is 11.4 Å². The fourth-order valence-corrected chi connectivity index (χ4v) is 3.29. The Balaban J connectivity index is 1.72. The molecule has 4 heteroatoms. The van der Waals surface area contributed by atoms with Crippen molar-refractivity contribution in [1.82, 2.24) is 4.90 Å². The molecule has 1 saturated heterocycles. The van der Waals surface area contributed by atoms with E-state index >= 15 is 0 Å². The Hall–Kier alpha value is -1.55. The quantitative estimate of drug-likeness (QED) is 0.852. The number of morpholine rings is 1. The van der Waals surface area contributed by atoms with Crippen LogP contribution in [0.25, 0.3) is 0 Å². The van der Waals surface area contributed by atoms with Crippen LogP contribution in [0.1, 0.15) is 26.3 Å². The number of hydrogen-bond donors (Lipinski definition) is 1. The van der Waals surface area contributed by atoms with E-state index in [-0.39, 0.29) is 23.7 Å². The van der Waals surface area contributed by atoms with Gasteiger partial charge in [0.1, 0.15) is 6.04 Å². The number of para-hydroxylation sites is 1. The first kappa shape index (κ1) is 13.4. The van der Waals surface area contributed by atoms with Crippen LogP contribution < -0.4 is 5.32 Å². The molecule has 20 heavy (non-hydrogen) atoms. The molecule has 108 valence electrons. The first-order chi connectivity index (χ1) is 9.44. The minimum atomic E-state index is -0.265. The second-order valence-electron chi connectivity index (χ2n) is 6.47. The summed E-state index contributed by atoms with van der Waals surface area (Å²) in [4.78, 5) is 14.7. The largest absolute Gasteiger partial charge is 0.373 e. The lowest BCUT2D eigenvalue weighted by Gasteiger charge is -2.42. The highest BCUT2D eigenvalue weighted by Crippen LogP contribution is 2.28. The van der Waals surface area contributed by atoms with Crippen LogP contribution in [0, 0.1) is 0 Å². The van der Waals surface area contributed by atoms with Crippen molar-refractivity contribution < 1.29 is 9.53 Å². The van der Waals surface area contributed by atoms with Crippen molar-refractivity contribution in [2.24, 2.45) is 0 Å². The Morgan fingerprint density at radius 1 is 1.40 bits per heavy atom. The Morgan fingerprint density at radius 3 is 2.85 bits per heavy atom. The summed E-state index contributed by atoms with van der Waals surface area (Å²) >= 11 is 0. The second-order valence-corrected chi connectivity index (χ2v) is 6.47. The summed E-state index contributed by atoms with van der Waals surface area (Å²) in [6.45, 7) is 7.44. The number of anilines is 1. The number of amides is 1. The lowest BCUT2D eigenvalue weighted by molar-refractivity contribution is -0.158. The molecule has 0 aromatic heterocycles. The average molecular weight is 274 g/mol. The van der Waals surface area contributed by atoms with E-state index in [1.54, 1.807) is 0 Å². The number of carbonyl (C=O) groups excluding carboxylic acids is 1. The first-order valence-corrected chi connectivity index (χ1v) is 7.26. The van der Waals surface area contributed by atoms with E-state index in [1.807, 2.05) is 43.9 Å². The van der Waals surface area contributed by atoms with Gasteiger partial charge >= 0.3 is 0 Å². The molecule has 2 atom stereocenters. The van der Waals surface area contributed by atoms with Crippen LogP contribution in [0.5, 0.6) is 0 Å². The molecule has 1 N–H and O–H groups in total. The monoisotopic (exact) mass is 274 g/mol. The van der Waals surface area contributed by atoms with Crippen molar-refractivity contribution in [2.45, 2.75) is 44.9 Å². The molecule has 1 aromatic carbocycles. The third kappa shape index (κ3) is 2.52. The molecule has 3 rings (SSSR count). The topological polar surface area (TPSA) is 41.6 Å². The molecular formula is C16H22N2O2. The molecule has 2 heterocycles. The second kappa shape index (κ2) is 4.77. The predicted octanol–water partition coefficient (Wildman–Crippen LogP) is 2.05. The highest BCUT2D eigenvalue weighted by Gasteiger charge is 2.37. The molecule has 0 bridgehead atoms. The molecule has 0 aliphatic carbocycles. The van der Waals surface area contributed by atoms with Crippen LogP contribution in [0.4, 0.5) is 5.69 Å². The van der Waals surface area contributed by atoms with Gasteiger partial charge in [0.05, 0.1) is 11.7 Å². The van der Waals surface area contributed by atoms with E-state index in [4.69, 9.17) is 4.74 Å². The first-order valence-electron chi connectivity index (χ1n) is 7.26. The molecule has 0 spiro atoms. The zero-order valence-corrected chi connectivity index (χ0v) is 12.3. The number of ether oxygens (including phenoxy) is 1. The third-order valence-electron chi connectivity index (χ3n) is 3.95. The van der Waals surface area contributed by atoms with E-state index in [9.17, 15) is 4.79 Å². The number of hydrogen-bond acceptors (Lipinski definition) is 3. The normalized spacial score (nSPS) is 27.9. The zero-order chi connectivity index (χ0) is 14.3. The SMILES string of the molecule is C[C@H]1CN(C(=O)[C@H]2Cc3ccccc3N2)CC(C)(C)O1. The van der Waals surface area contributed by atoms with Gasteiger partial charge < -0.3 is 15.0 Å². The Morgan fingerprint density at radius 2 is 2.15 bits per heavy atom. The minimum Gasteiger partial charge on any atom is -0.373 e. The lowest BCUT2D eigenvalue weighted by Crippen LogP contribution is -2.56. The fraction of sp³-hybridized carbons (Fsp3) is 0.562. The van der Waals surface area contributed by atoms with Crippen molar-refractivity contribution in [3.05, 3.63) is 29.8 Å². The van der Waals surface area contributed by atoms with Crippen LogP contribution in [0.2, 0.25) is 0 Å². The molecule has 4 nitrogen and oxygen atoms in total. The van der Waals surface area contributed by atoms with E-state index in [0.29, 0.717) is 13.1 Å². The Bertz CT molecular complexity index is 502. The molecule has 1 amide bonds. The van der Waals surface area contributed by atoms with Crippen molar-refractivity contribution in [3.63, 3.8) is 0 Å². The molecule has 0 saturated carbocycles. The average Bonchev–Trinajstić information content (AvgIpc) is 2.79. The molecule has 0 unspecified atom stereocenters. The van der Waals surface area contributed by atoms with Gasteiger partial charge in [-0.1, -0.05) is 18.2 Å². The van der Waals surface area contributed by atoms with Crippen LogP contribution >= 0.6 is 0 Å². The van der Waals surface area contributed by atoms with E-state index in [0.717, 1.165) is 12.1 Å². The summed E-state index contributed by atoms with van der Waals surface area (Å²) in [7, 11) is 0. The van der Waals surface area contributed by atoms with Gasteiger partial charge in [-0.2, -0.15) is 0 Å². The number of nitrogens with one attached hydrogen (secondary N) is 1. The molecule has 2 aliphatic heterocycles. The molecular weight excluding hydrogens is 252 g/mol. The van der Waals surface area contributed by atoms with E-state index < -0.39 is 0 Å². The molecule has 2 aliphatic rings. The lowest BCUT2D eigenvalue weighted by atomic mass is 10.0. The van der Waals surface area contributed by atoms with E-state index in [1.165, 1.54) is 5.56 Å². The maximum Gasteiger partial charge on any atom is 0.245 e. The summed E-state index contributed by atoms with van der Waals surface area (Å²) in [5.41, 5.74) is 2.05. The molecule has 0 radical (unpaired) electrons. The Kier molecular flexibility index (Phi) is 3.21. The van der Waals surface area contributed by atoms with Gasteiger partial charge in [-0.15, -0.1) is 0 Å². The van der Waals surface area contributed by atoms with Crippen molar-refractivity contribution in [3.8, 4) is 0 Å². The van der Waals surface area contributed by atoms with Gasteiger partial charge in [-0.05, 0) is 32.4 Å². The van der Waals surface area contributed by atoms with Crippen molar-refractivity contribution in [2.75, 3.05) is 18.4 Å². The number of fused-ring (bicyclic) bond motifs is 1. The fourth-order valence-electron chi connectivity index (χ4n) is 3.29. The van der Waals surface area contributed by atoms with Gasteiger partial charge in [0.2, 0.25) is 5.91 Å². The van der Waals surface area contributed by atoms with Crippen LogP contribution in [0.15, 0.2) is 24.3 Å². The predicted molar refractivity (Wildman–Crippen MR) is 78.8 cm³/mol. The summed E-state index contributed by atoms with van der Waals surface area (Å²) in [5, 5.41) is 3.34. The number of carbonyl (C=O) groups is 1. The van der Waals surface area contributed by atoms with Crippen molar-refractivity contribution >= 4 is 11.6 Å². The highest BCUT2D eigenvalue weighted by atomic mass is 16.5. The van der Waals surface area contributed by atoms with Gasteiger partial charge in [0.15, 0.2) is 0 Å². The minimum absolute atomic E-state index is 0.0893. The zero-order valence-electron chi connectivity index (χ0n) is 12.3. The molecule has 1 aromatic rings. The van der Waals surface area contributed by atoms with Crippen molar-refractivity contribution in [1.29, 1.82) is 0 Å². The van der Waals surface area contributed by atoms with Gasteiger partial charge in [0.25, 0.3) is 0 Å². The maximum absolute atomic E-state index is 12.7. The summed E-state index contributed by atoms with van der Waals surface area (Å²) in [6.07, 6.45) is 0.868. The number of benzene rings is 1. The summed E-state index contributed by atoms with van der Waals surface area (Å²) in [6, 6.07) is 8.01. The van der Waals surface area contributed by atoms with Crippen LogP contribution in [-0.2, 0) is 16.0 Å². The smallest absolute Gasteiger partial charge is 0.245 e. The van der Waals surface area contributed by atoms with Gasteiger partial charge in [0, 0.05) is 25.2 Å².